The van der Waals surface area contributed by atoms with Gasteiger partial charge in [-0.25, -0.2) is 8.42 Å². The van der Waals surface area contributed by atoms with Gasteiger partial charge in [-0.1, -0.05) is 23.8 Å². The number of nitrogens with one attached hydrogen (secondary N) is 2. The summed E-state index contributed by atoms with van der Waals surface area (Å²) in [6.45, 7) is 3.75. The quantitative estimate of drug-likeness (QED) is 0.529. The molecular weight excluding hydrogens is 428 g/mol. The predicted molar refractivity (Wildman–Crippen MR) is 124 cm³/mol. The smallest absolute Gasteiger partial charge is 0.261 e. The number of anilines is 1. The van der Waals surface area contributed by atoms with Crippen molar-refractivity contribution in [3.8, 4) is 11.5 Å². The van der Waals surface area contributed by atoms with Crippen LogP contribution in [0.3, 0.4) is 0 Å². The minimum absolute atomic E-state index is 0.175. The summed E-state index contributed by atoms with van der Waals surface area (Å²) < 4.78 is 38.1. The monoisotopic (exact) mass is 454 g/mol. The highest BCUT2D eigenvalue weighted by Crippen LogP contribution is 2.30. The molecule has 0 heterocycles. The van der Waals surface area contributed by atoms with Crippen molar-refractivity contribution < 1.29 is 22.7 Å². The van der Waals surface area contributed by atoms with Crippen LogP contribution in [0.2, 0.25) is 0 Å². The molecule has 0 spiro atoms. The van der Waals surface area contributed by atoms with Crippen LogP contribution in [-0.2, 0) is 10.0 Å². The number of benzene rings is 3. The zero-order valence-corrected chi connectivity index (χ0v) is 19.2. The van der Waals surface area contributed by atoms with E-state index < -0.39 is 10.0 Å². The molecule has 2 N–H and O–H groups in total. The van der Waals surface area contributed by atoms with Crippen LogP contribution < -0.4 is 19.5 Å². The van der Waals surface area contributed by atoms with Crippen molar-refractivity contribution in [3.05, 3.63) is 83.4 Å². The van der Waals surface area contributed by atoms with Crippen molar-refractivity contribution in [3.63, 3.8) is 0 Å². The van der Waals surface area contributed by atoms with Gasteiger partial charge in [0.15, 0.2) is 11.5 Å². The van der Waals surface area contributed by atoms with Crippen LogP contribution in [0.5, 0.6) is 11.5 Å². The fourth-order valence-corrected chi connectivity index (χ4v) is 4.17. The van der Waals surface area contributed by atoms with Crippen molar-refractivity contribution in [1.82, 2.24) is 5.32 Å². The molecule has 0 radical (unpaired) electrons. The number of carbonyl (C=O) groups excluding carboxylic acids is 1. The zero-order chi connectivity index (χ0) is 23.3. The summed E-state index contributed by atoms with van der Waals surface area (Å²) in [5.74, 6) is 0.912. The maximum Gasteiger partial charge on any atom is 0.261 e. The second-order valence-corrected chi connectivity index (χ2v) is 8.99. The Kier molecular flexibility index (Phi) is 7.05. The van der Waals surface area contributed by atoms with Crippen LogP contribution >= 0.6 is 0 Å². The standard InChI is InChI=1S/C24H26N2O5S/c1-16-5-12-21(13-6-16)32(28,29)26-20-10-7-18(8-11-20)24(27)25-17(2)19-9-14-22(30-3)23(15-19)31-4/h5-15,17,26H,1-4H3,(H,25,27)/t17-/m0/s1. The van der Waals surface area contributed by atoms with Crippen LogP contribution in [-0.4, -0.2) is 28.5 Å². The molecule has 8 heteroatoms. The minimum Gasteiger partial charge on any atom is -0.493 e. The van der Waals surface area contributed by atoms with Gasteiger partial charge in [0.25, 0.3) is 15.9 Å². The second kappa shape index (κ2) is 9.74. The molecule has 0 bridgehead atoms. The first-order chi connectivity index (χ1) is 15.2. The third-order valence-corrected chi connectivity index (χ3v) is 6.38. The van der Waals surface area contributed by atoms with E-state index in [1.165, 1.54) is 0 Å². The SMILES string of the molecule is COc1ccc([C@H](C)NC(=O)c2ccc(NS(=O)(=O)c3ccc(C)cc3)cc2)cc1OC. The summed E-state index contributed by atoms with van der Waals surface area (Å²) >= 11 is 0. The first-order valence-corrected chi connectivity index (χ1v) is 11.4. The molecule has 0 saturated heterocycles. The Labute approximate surface area is 188 Å². The minimum atomic E-state index is -3.70. The number of hydrogen-bond donors (Lipinski definition) is 2. The number of carbonyl (C=O) groups is 1. The average Bonchev–Trinajstić information content (AvgIpc) is 2.79. The Hall–Kier alpha value is -3.52. The summed E-state index contributed by atoms with van der Waals surface area (Å²) in [5, 5.41) is 2.93. The van der Waals surface area contributed by atoms with E-state index in [1.54, 1.807) is 68.8 Å². The molecule has 1 amide bonds. The molecule has 0 aliphatic rings. The van der Waals surface area contributed by atoms with Crippen LogP contribution in [0.25, 0.3) is 0 Å². The molecule has 7 nitrogen and oxygen atoms in total. The number of methoxy groups -OCH3 is 2. The summed E-state index contributed by atoms with van der Waals surface area (Å²) in [4.78, 5) is 12.8. The highest BCUT2D eigenvalue weighted by atomic mass is 32.2. The number of sulfonamides is 1. The average molecular weight is 455 g/mol. The van der Waals surface area contributed by atoms with Crippen molar-refractivity contribution in [2.45, 2.75) is 24.8 Å². The summed E-state index contributed by atoms with van der Waals surface area (Å²) in [5.41, 5.74) is 2.62. The normalized spacial score (nSPS) is 12.0. The molecule has 0 fully saturated rings. The van der Waals surface area contributed by atoms with Crippen LogP contribution in [0, 0.1) is 6.92 Å². The Morgan fingerprint density at radius 3 is 2.09 bits per heavy atom. The number of aryl methyl sites for hydroxylation is 1. The summed E-state index contributed by atoms with van der Waals surface area (Å²) in [7, 11) is -0.585. The molecule has 3 aromatic rings. The van der Waals surface area contributed by atoms with Crippen LogP contribution in [0.4, 0.5) is 5.69 Å². The number of rotatable bonds is 8. The lowest BCUT2D eigenvalue weighted by Crippen LogP contribution is -2.26. The van der Waals surface area contributed by atoms with Gasteiger partial charge in [0.2, 0.25) is 0 Å². The predicted octanol–water partition coefficient (Wildman–Crippen LogP) is 4.30. The van der Waals surface area contributed by atoms with E-state index in [0.717, 1.165) is 11.1 Å². The van der Waals surface area contributed by atoms with Crippen molar-refractivity contribution in [2.24, 2.45) is 0 Å². The maximum atomic E-state index is 12.7. The van der Waals surface area contributed by atoms with E-state index in [9.17, 15) is 13.2 Å². The lowest BCUT2D eigenvalue weighted by atomic mass is 10.1. The summed E-state index contributed by atoms with van der Waals surface area (Å²) in [6.07, 6.45) is 0. The molecule has 0 unspecified atom stereocenters. The highest BCUT2D eigenvalue weighted by Gasteiger charge is 2.16. The van der Waals surface area contributed by atoms with Gasteiger partial charge >= 0.3 is 0 Å². The molecular formula is C24H26N2O5S. The van der Waals surface area contributed by atoms with E-state index in [4.69, 9.17) is 9.47 Å². The number of ether oxygens (including phenoxy) is 2. The molecule has 3 rings (SSSR count). The molecule has 168 valence electrons. The lowest BCUT2D eigenvalue weighted by molar-refractivity contribution is 0.0940. The van der Waals surface area contributed by atoms with E-state index in [-0.39, 0.29) is 16.8 Å². The zero-order valence-electron chi connectivity index (χ0n) is 18.4. The van der Waals surface area contributed by atoms with E-state index in [2.05, 4.69) is 10.0 Å². The molecule has 0 aromatic heterocycles. The summed E-state index contributed by atoms with van der Waals surface area (Å²) in [6, 6.07) is 18.0. The topological polar surface area (TPSA) is 93.7 Å². The lowest BCUT2D eigenvalue weighted by Gasteiger charge is -2.17. The molecule has 32 heavy (non-hydrogen) atoms. The van der Waals surface area contributed by atoms with Crippen LogP contribution in [0.15, 0.2) is 71.6 Å². The largest absolute Gasteiger partial charge is 0.493 e. The van der Waals surface area contributed by atoms with Gasteiger partial charge < -0.3 is 14.8 Å². The van der Waals surface area contributed by atoms with Gasteiger partial charge in [-0.3, -0.25) is 9.52 Å². The van der Waals surface area contributed by atoms with E-state index in [1.807, 2.05) is 26.0 Å². The first kappa shape index (κ1) is 23.1. The van der Waals surface area contributed by atoms with Gasteiger partial charge in [0.1, 0.15) is 0 Å². The Balaban J connectivity index is 1.68. The fourth-order valence-electron chi connectivity index (χ4n) is 3.11. The van der Waals surface area contributed by atoms with E-state index in [0.29, 0.717) is 22.7 Å². The third kappa shape index (κ3) is 5.39. The van der Waals surface area contributed by atoms with Crippen molar-refractivity contribution >= 4 is 21.6 Å². The number of hydrogen-bond acceptors (Lipinski definition) is 5. The Morgan fingerprint density at radius 1 is 0.875 bits per heavy atom. The first-order valence-electron chi connectivity index (χ1n) is 9.96. The fraction of sp³-hybridized carbons (Fsp3) is 0.208. The molecule has 1 atom stereocenters. The highest BCUT2D eigenvalue weighted by molar-refractivity contribution is 7.92. The third-order valence-electron chi connectivity index (χ3n) is 4.99. The van der Waals surface area contributed by atoms with Gasteiger partial charge in [0, 0.05) is 11.3 Å². The molecule has 3 aromatic carbocycles. The molecule has 0 aliphatic heterocycles. The Morgan fingerprint density at radius 2 is 1.50 bits per heavy atom. The number of amides is 1. The van der Waals surface area contributed by atoms with Gasteiger partial charge in [-0.2, -0.15) is 0 Å². The second-order valence-electron chi connectivity index (χ2n) is 7.31. The van der Waals surface area contributed by atoms with Crippen LogP contribution in [0.1, 0.15) is 34.5 Å². The van der Waals surface area contributed by atoms with Crippen molar-refractivity contribution in [1.29, 1.82) is 0 Å². The van der Waals surface area contributed by atoms with Gasteiger partial charge in [-0.05, 0) is 67.9 Å². The van der Waals surface area contributed by atoms with Gasteiger partial charge in [0.05, 0.1) is 25.2 Å². The van der Waals surface area contributed by atoms with Crippen molar-refractivity contribution in [2.75, 3.05) is 18.9 Å². The van der Waals surface area contributed by atoms with E-state index >= 15 is 0 Å². The van der Waals surface area contributed by atoms with Gasteiger partial charge in [-0.15, -0.1) is 0 Å². The Bertz CT molecular complexity index is 1190. The molecule has 0 saturated carbocycles. The molecule has 0 aliphatic carbocycles. The maximum absolute atomic E-state index is 12.7.